The van der Waals surface area contributed by atoms with Crippen molar-refractivity contribution in [1.82, 2.24) is 0 Å². The Morgan fingerprint density at radius 1 is 0.905 bits per heavy atom. The van der Waals surface area contributed by atoms with Crippen LogP contribution in [0.5, 0.6) is 0 Å². The number of anilines is 2. The molecule has 1 fully saturated rings. The van der Waals surface area contributed by atoms with Gasteiger partial charge in [0.2, 0.25) is 5.91 Å². The van der Waals surface area contributed by atoms with Crippen LogP contribution in [-0.2, 0) is 10.2 Å². The number of fused-ring (bicyclic) bond motifs is 6. The Morgan fingerprint density at radius 2 is 1.64 bits per heavy atom. The Labute approximate surface area is 239 Å². The van der Waals surface area contributed by atoms with E-state index in [-0.39, 0.29) is 16.8 Å². The van der Waals surface area contributed by atoms with Crippen LogP contribution in [0, 0.1) is 21.8 Å². The predicted octanol–water partition coefficient (Wildman–Crippen LogP) is 5.59. The van der Waals surface area contributed by atoms with Crippen molar-refractivity contribution >= 4 is 40.6 Å². The van der Waals surface area contributed by atoms with Crippen LogP contribution in [0.3, 0.4) is 0 Å². The molecule has 1 amide bonds. The minimum atomic E-state index is -1.60. The van der Waals surface area contributed by atoms with E-state index in [9.17, 15) is 24.5 Å². The number of benzene rings is 4. The molecule has 0 radical (unpaired) electrons. The number of hydrogen-bond acceptors (Lipinski definition) is 6. The molecule has 0 aromatic heterocycles. The molecule has 0 bridgehead atoms. The molecule has 7 rings (SSSR count). The summed E-state index contributed by atoms with van der Waals surface area (Å²) in [5, 5.41) is 14.5. The van der Waals surface area contributed by atoms with E-state index in [0.29, 0.717) is 16.9 Å². The van der Waals surface area contributed by atoms with Crippen LogP contribution in [0.25, 0.3) is 6.08 Å². The molecule has 0 aliphatic carbocycles. The van der Waals surface area contributed by atoms with Crippen molar-refractivity contribution in [3.63, 3.8) is 0 Å². The number of Topliss-reactive ketones (excluding diaryl/α,β-unsaturated/α-hetero) is 2. The van der Waals surface area contributed by atoms with Crippen molar-refractivity contribution in [2.24, 2.45) is 5.92 Å². The highest BCUT2D eigenvalue weighted by molar-refractivity contribution is 6.18. The van der Waals surface area contributed by atoms with E-state index < -0.39 is 51.6 Å². The number of rotatable bonds is 5. The highest BCUT2D eigenvalue weighted by Gasteiger charge is 2.70. The topological polar surface area (TPSA) is 110 Å². The molecule has 3 aliphatic heterocycles. The van der Waals surface area contributed by atoms with Crippen molar-refractivity contribution in [2.75, 3.05) is 10.2 Å². The molecule has 3 heterocycles. The van der Waals surface area contributed by atoms with Crippen LogP contribution in [0.2, 0.25) is 0 Å². The summed E-state index contributed by atoms with van der Waals surface area (Å²) in [7, 11) is 0. The molecule has 1 spiro atoms. The van der Waals surface area contributed by atoms with E-state index in [1.165, 1.54) is 42.5 Å². The maximum atomic E-state index is 15.2. The normalized spacial score (nSPS) is 23.2. The third kappa shape index (κ3) is 3.43. The Morgan fingerprint density at radius 3 is 2.45 bits per heavy atom. The number of para-hydroxylation sites is 2. The van der Waals surface area contributed by atoms with E-state index in [2.05, 4.69) is 5.32 Å². The second kappa shape index (κ2) is 9.31. The fraction of sp³-hybridized carbons (Fsp3) is 0.121. The molecule has 1 saturated heterocycles. The number of ketones is 2. The first kappa shape index (κ1) is 25.5. The molecule has 0 unspecified atom stereocenters. The number of nitrogens with zero attached hydrogens (tertiary/aromatic N) is 2. The van der Waals surface area contributed by atoms with E-state index >= 15 is 4.39 Å². The number of nitro benzene ring substituents is 1. The van der Waals surface area contributed by atoms with Crippen LogP contribution in [-0.4, -0.2) is 34.5 Å². The van der Waals surface area contributed by atoms with Gasteiger partial charge in [0.1, 0.15) is 17.3 Å². The van der Waals surface area contributed by atoms with Crippen LogP contribution in [0.1, 0.15) is 31.8 Å². The smallest absolute Gasteiger partial charge is 0.270 e. The number of carbonyl (C=O) groups excluding carboxylic acids is 3. The SMILES string of the molecule is O=C(c1ccccc1F)[C@@H]1[C@H](C(=O)c2cccc([N+](=O)[O-])c2)[C@@]2(C(=O)Nc3ccccc32)[C@@H]2C=Cc3ccccc3N12. The number of nitrogens with one attached hydrogen (secondary N) is 1. The Kier molecular flexibility index (Phi) is 5.65. The van der Waals surface area contributed by atoms with Gasteiger partial charge >= 0.3 is 0 Å². The molecule has 0 saturated carbocycles. The number of carbonyl (C=O) groups is 3. The summed E-state index contributed by atoms with van der Waals surface area (Å²) < 4.78 is 15.2. The van der Waals surface area contributed by atoms with Gasteiger partial charge in [0.15, 0.2) is 11.6 Å². The number of non-ortho nitro benzene ring substituents is 1. The fourth-order valence-electron chi connectivity index (χ4n) is 6.89. The van der Waals surface area contributed by atoms with Crippen molar-refractivity contribution in [3.05, 3.63) is 141 Å². The van der Waals surface area contributed by atoms with Gasteiger partial charge in [-0.15, -0.1) is 0 Å². The molecule has 9 heteroatoms. The highest BCUT2D eigenvalue weighted by Crippen LogP contribution is 2.58. The van der Waals surface area contributed by atoms with Crippen LogP contribution < -0.4 is 10.2 Å². The summed E-state index contributed by atoms with van der Waals surface area (Å²) in [5.74, 6) is -3.88. The molecule has 42 heavy (non-hydrogen) atoms. The molecular formula is C33H22FN3O5. The van der Waals surface area contributed by atoms with Crippen molar-refractivity contribution in [1.29, 1.82) is 0 Å². The largest absolute Gasteiger partial charge is 0.352 e. The minimum Gasteiger partial charge on any atom is -0.352 e. The fourth-order valence-corrected chi connectivity index (χ4v) is 6.89. The maximum Gasteiger partial charge on any atom is 0.270 e. The van der Waals surface area contributed by atoms with E-state index in [1.807, 2.05) is 24.3 Å². The quantitative estimate of drug-likeness (QED) is 0.194. The van der Waals surface area contributed by atoms with Gasteiger partial charge in [0.05, 0.1) is 22.4 Å². The molecular weight excluding hydrogens is 537 g/mol. The van der Waals surface area contributed by atoms with E-state index in [1.54, 1.807) is 41.3 Å². The summed E-state index contributed by atoms with van der Waals surface area (Å²) in [5.41, 5.74) is 0.281. The second-order valence-electron chi connectivity index (χ2n) is 10.6. The lowest BCUT2D eigenvalue weighted by Gasteiger charge is -2.37. The average molecular weight is 560 g/mol. The minimum absolute atomic E-state index is 0.0193. The van der Waals surface area contributed by atoms with Gasteiger partial charge in [0, 0.05) is 29.1 Å². The zero-order chi connectivity index (χ0) is 29.2. The summed E-state index contributed by atoms with van der Waals surface area (Å²) >= 11 is 0. The van der Waals surface area contributed by atoms with Gasteiger partial charge in [-0.3, -0.25) is 24.5 Å². The van der Waals surface area contributed by atoms with Crippen LogP contribution >= 0.6 is 0 Å². The molecule has 1 N–H and O–H groups in total. The van der Waals surface area contributed by atoms with Crippen molar-refractivity contribution < 1.29 is 23.7 Å². The number of halogens is 1. The lowest BCUT2D eigenvalue weighted by atomic mass is 9.64. The lowest BCUT2D eigenvalue weighted by Crippen LogP contribution is -2.51. The molecule has 4 aromatic carbocycles. The monoisotopic (exact) mass is 559 g/mol. The third-order valence-electron chi connectivity index (χ3n) is 8.57. The van der Waals surface area contributed by atoms with Crippen molar-refractivity contribution in [3.8, 4) is 0 Å². The second-order valence-corrected chi connectivity index (χ2v) is 10.6. The summed E-state index contributed by atoms with van der Waals surface area (Å²) in [6, 6.07) is 23.0. The van der Waals surface area contributed by atoms with Gasteiger partial charge in [-0.1, -0.05) is 72.8 Å². The summed E-state index contributed by atoms with van der Waals surface area (Å²) in [4.78, 5) is 56.3. The average Bonchev–Trinajstić information content (AvgIpc) is 3.49. The van der Waals surface area contributed by atoms with Crippen LogP contribution in [0.15, 0.2) is 103 Å². The first-order valence-electron chi connectivity index (χ1n) is 13.4. The molecule has 4 atom stereocenters. The molecule has 4 aromatic rings. The van der Waals surface area contributed by atoms with Gasteiger partial charge in [0.25, 0.3) is 5.69 Å². The van der Waals surface area contributed by atoms with E-state index in [0.717, 1.165) is 11.6 Å². The Bertz CT molecular complexity index is 1870. The highest BCUT2D eigenvalue weighted by atomic mass is 19.1. The van der Waals surface area contributed by atoms with Gasteiger partial charge < -0.3 is 10.2 Å². The van der Waals surface area contributed by atoms with E-state index in [4.69, 9.17) is 0 Å². The van der Waals surface area contributed by atoms with Crippen molar-refractivity contribution in [2.45, 2.75) is 17.5 Å². The zero-order valence-electron chi connectivity index (χ0n) is 21.9. The zero-order valence-corrected chi connectivity index (χ0v) is 21.9. The van der Waals surface area contributed by atoms with Gasteiger partial charge in [-0.2, -0.15) is 0 Å². The third-order valence-corrected chi connectivity index (χ3v) is 8.57. The van der Waals surface area contributed by atoms with Gasteiger partial charge in [-0.25, -0.2) is 4.39 Å². The molecule has 8 nitrogen and oxygen atoms in total. The standard InChI is InChI=1S/C33H22FN3O5/c34-24-13-4-2-11-22(24)31(39)29-28(30(38)20-9-7-10-21(18-20)37(41)42)33(23-12-3-5-14-25(23)35-32(33)40)27-17-16-19-8-1-6-15-26(19)36(27)29/h1-18,27-29H,(H,35,40)/t27-,28+,29-,33-/m0/s1. The summed E-state index contributed by atoms with van der Waals surface area (Å²) in [6.45, 7) is 0. The first-order chi connectivity index (χ1) is 20.3. The Balaban J connectivity index is 1.55. The first-order valence-corrected chi connectivity index (χ1v) is 13.4. The van der Waals surface area contributed by atoms with Gasteiger partial charge in [-0.05, 0) is 35.4 Å². The number of amides is 1. The molecule has 206 valence electrons. The summed E-state index contributed by atoms with van der Waals surface area (Å²) in [6.07, 6.45) is 3.67. The number of hydrogen-bond donors (Lipinski definition) is 1. The lowest BCUT2D eigenvalue weighted by molar-refractivity contribution is -0.384. The Hall–Kier alpha value is -5.44. The number of nitro groups is 1. The molecule has 3 aliphatic rings. The van der Waals surface area contributed by atoms with Crippen LogP contribution in [0.4, 0.5) is 21.5 Å². The maximum absolute atomic E-state index is 15.2. The predicted molar refractivity (Wildman–Crippen MR) is 154 cm³/mol.